The Labute approximate surface area is 183 Å². The predicted molar refractivity (Wildman–Crippen MR) is 112 cm³/mol. The second kappa shape index (κ2) is 8.37. The first-order chi connectivity index (χ1) is 15.2. The van der Waals surface area contributed by atoms with Gasteiger partial charge in [-0.15, -0.1) is 0 Å². The number of carbonyl (C=O) groups excluding carboxylic acids is 1. The van der Waals surface area contributed by atoms with Crippen LogP contribution in [0.2, 0.25) is 0 Å². The van der Waals surface area contributed by atoms with E-state index in [1.54, 1.807) is 33.0 Å². The molecule has 6 nitrogen and oxygen atoms in total. The minimum absolute atomic E-state index is 0.109. The van der Waals surface area contributed by atoms with Gasteiger partial charge >= 0.3 is 0 Å². The van der Waals surface area contributed by atoms with E-state index >= 15 is 0 Å². The van der Waals surface area contributed by atoms with Gasteiger partial charge in [0.1, 0.15) is 23.3 Å². The first kappa shape index (κ1) is 22.0. The maximum Gasteiger partial charge on any atom is 0.229 e. The monoisotopic (exact) mass is 444 g/mol. The number of pyridine rings is 1. The van der Waals surface area contributed by atoms with Gasteiger partial charge in [0.15, 0.2) is 11.6 Å². The first-order valence-electron chi connectivity index (χ1n) is 10.3. The van der Waals surface area contributed by atoms with E-state index in [0.717, 1.165) is 12.3 Å². The van der Waals surface area contributed by atoms with E-state index in [1.165, 1.54) is 6.07 Å². The van der Waals surface area contributed by atoms with Gasteiger partial charge in [0, 0.05) is 17.8 Å². The summed E-state index contributed by atoms with van der Waals surface area (Å²) < 4.78 is 47.1. The molecule has 0 spiro atoms. The van der Waals surface area contributed by atoms with Gasteiger partial charge in [0.05, 0.1) is 24.7 Å². The molecular weight excluding hydrogens is 421 g/mol. The van der Waals surface area contributed by atoms with Gasteiger partial charge in [0.25, 0.3) is 0 Å². The first-order valence-corrected chi connectivity index (χ1v) is 10.3. The summed E-state index contributed by atoms with van der Waals surface area (Å²) in [7, 11) is 0. The van der Waals surface area contributed by atoms with Gasteiger partial charge in [-0.25, -0.2) is 28.1 Å². The topological polar surface area (TPSA) is 77.0 Å². The number of aryl methyl sites for hydroxylation is 3. The number of anilines is 1. The molecule has 32 heavy (non-hydrogen) atoms. The number of halogens is 3. The molecule has 1 saturated carbocycles. The van der Waals surface area contributed by atoms with Gasteiger partial charge < -0.3 is 10.1 Å². The van der Waals surface area contributed by atoms with Crippen LogP contribution in [0.1, 0.15) is 29.9 Å². The highest BCUT2D eigenvalue weighted by Gasteiger charge is 2.62. The number of nitrogens with zero attached hydrogens (tertiary/aromatic N) is 3. The highest BCUT2D eigenvalue weighted by molar-refractivity contribution is 5.94. The lowest BCUT2D eigenvalue weighted by atomic mass is 9.82. The third-order valence-corrected chi connectivity index (χ3v) is 6.16. The van der Waals surface area contributed by atoms with Crippen LogP contribution < -0.4 is 10.1 Å². The molecule has 2 heterocycles. The zero-order chi connectivity index (χ0) is 23.0. The van der Waals surface area contributed by atoms with E-state index in [1.807, 2.05) is 0 Å². The van der Waals surface area contributed by atoms with E-state index in [9.17, 15) is 18.0 Å². The fourth-order valence-electron chi connectivity index (χ4n) is 4.14. The SMILES string of the molecule is Cc1ncc(OC[C@@]2(C3C=CC(F)=C(F)C3)C[C@H]2C(=O)Nc2cc(C)c(F)cn2)c(C)n1. The maximum absolute atomic E-state index is 14.1. The molecule has 0 aromatic carbocycles. The number of hydrogen-bond donors (Lipinski definition) is 1. The van der Waals surface area contributed by atoms with E-state index in [0.29, 0.717) is 29.3 Å². The molecule has 9 heteroatoms. The Morgan fingerprint density at radius 3 is 2.69 bits per heavy atom. The zero-order valence-corrected chi connectivity index (χ0v) is 18.0. The summed E-state index contributed by atoms with van der Waals surface area (Å²) in [4.78, 5) is 25.3. The van der Waals surface area contributed by atoms with Crippen LogP contribution in [0.3, 0.4) is 0 Å². The number of amides is 1. The summed E-state index contributed by atoms with van der Waals surface area (Å²) in [6, 6.07) is 1.44. The van der Waals surface area contributed by atoms with Crippen LogP contribution in [-0.2, 0) is 4.79 Å². The van der Waals surface area contributed by atoms with Gasteiger partial charge in [-0.1, -0.05) is 6.08 Å². The van der Waals surface area contributed by atoms with E-state index in [-0.39, 0.29) is 24.8 Å². The molecule has 0 aliphatic heterocycles. The molecule has 2 aromatic rings. The summed E-state index contributed by atoms with van der Waals surface area (Å²) in [6.45, 7) is 5.23. The molecule has 2 aromatic heterocycles. The summed E-state index contributed by atoms with van der Waals surface area (Å²) in [6.07, 6.45) is 5.57. The van der Waals surface area contributed by atoms with Crippen molar-refractivity contribution in [1.82, 2.24) is 15.0 Å². The van der Waals surface area contributed by atoms with Crippen LogP contribution in [0.4, 0.5) is 19.0 Å². The summed E-state index contributed by atoms with van der Waals surface area (Å²) >= 11 is 0. The molecule has 3 atom stereocenters. The fraction of sp³-hybridized carbons (Fsp3) is 0.391. The van der Waals surface area contributed by atoms with Crippen LogP contribution in [0.25, 0.3) is 0 Å². The third kappa shape index (κ3) is 4.24. The highest BCUT2D eigenvalue weighted by Crippen LogP contribution is 2.61. The van der Waals surface area contributed by atoms with Crippen molar-refractivity contribution < 1.29 is 22.7 Å². The third-order valence-electron chi connectivity index (χ3n) is 6.16. The lowest BCUT2D eigenvalue weighted by Crippen LogP contribution is -2.30. The van der Waals surface area contributed by atoms with E-state index in [2.05, 4.69) is 20.3 Å². The highest BCUT2D eigenvalue weighted by atomic mass is 19.2. The second-order valence-electron chi connectivity index (χ2n) is 8.38. The molecule has 1 N–H and O–H groups in total. The van der Waals surface area contributed by atoms with Crippen LogP contribution in [0.5, 0.6) is 5.75 Å². The molecule has 168 valence electrons. The number of allylic oxidation sites excluding steroid dienone is 4. The molecule has 1 fully saturated rings. The number of carbonyl (C=O) groups is 1. The molecule has 4 rings (SSSR count). The van der Waals surface area contributed by atoms with Gasteiger partial charge in [-0.2, -0.15) is 0 Å². The van der Waals surface area contributed by atoms with Crippen molar-refractivity contribution in [1.29, 1.82) is 0 Å². The Balaban J connectivity index is 1.54. The van der Waals surface area contributed by atoms with Crippen molar-refractivity contribution in [2.75, 3.05) is 11.9 Å². The minimum Gasteiger partial charge on any atom is -0.489 e. The largest absolute Gasteiger partial charge is 0.489 e. The second-order valence-corrected chi connectivity index (χ2v) is 8.38. The average molecular weight is 444 g/mol. The van der Waals surface area contributed by atoms with Crippen LogP contribution in [-0.4, -0.2) is 27.5 Å². The summed E-state index contributed by atoms with van der Waals surface area (Å²) in [5, 5.41) is 2.70. The van der Waals surface area contributed by atoms with Crippen LogP contribution in [0, 0.1) is 43.8 Å². The molecule has 1 unspecified atom stereocenters. The summed E-state index contributed by atoms with van der Waals surface area (Å²) in [5.74, 6) is -2.15. The van der Waals surface area contributed by atoms with Crippen molar-refractivity contribution in [2.24, 2.45) is 17.3 Å². The Bertz CT molecular complexity index is 1130. The molecule has 1 amide bonds. The molecule has 2 aliphatic rings. The molecule has 0 saturated heterocycles. The van der Waals surface area contributed by atoms with Gasteiger partial charge in [-0.05, 0) is 50.8 Å². The molecule has 0 bridgehead atoms. The maximum atomic E-state index is 14.1. The van der Waals surface area contributed by atoms with Crippen LogP contribution >= 0.6 is 0 Å². The van der Waals surface area contributed by atoms with Crippen molar-refractivity contribution in [3.8, 4) is 5.75 Å². The Morgan fingerprint density at radius 2 is 2.00 bits per heavy atom. The minimum atomic E-state index is -0.896. The molecule has 0 radical (unpaired) electrons. The van der Waals surface area contributed by atoms with Crippen LogP contribution in [0.15, 0.2) is 42.3 Å². The fourth-order valence-corrected chi connectivity index (χ4v) is 4.14. The van der Waals surface area contributed by atoms with Gasteiger partial charge in [-0.3, -0.25) is 4.79 Å². The zero-order valence-electron chi connectivity index (χ0n) is 18.0. The Hall–Kier alpha value is -3.23. The smallest absolute Gasteiger partial charge is 0.229 e. The lowest BCUT2D eigenvalue weighted by molar-refractivity contribution is -0.118. The van der Waals surface area contributed by atoms with Crippen molar-refractivity contribution >= 4 is 11.7 Å². The predicted octanol–water partition coefficient (Wildman–Crippen LogP) is 4.69. The average Bonchev–Trinajstić information content (AvgIpc) is 3.48. The quantitative estimate of drug-likeness (QED) is 0.700. The standard InChI is InChI=1S/C23H23F3N4O2/c1-12-6-21(28-9-19(12)26)30-22(31)16-8-23(16,15-4-5-17(24)18(25)7-15)11-32-20-10-27-14(3)29-13(20)2/h4-6,9-10,15-16H,7-8,11H2,1-3H3,(H,28,30,31)/t15?,16-,23+/m0/s1. The Kier molecular flexibility index (Phi) is 5.75. The van der Waals surface area contributed by atoms with Crippen molar-refractivity contribution in [2.45, 2.75) is 33.6 Å². The molecular formula is C23H23F3N4O2. The molecule has 2 aliphatic carbocycles. The lowest BCUT2D eigenvalue weighted by Gasteiger charge is -2.27. The van der Waals surface area contributed by atoms with E-state index in [4.69, 9.17) is 4.74 Å². The number of aromatic nitrogens is 3. The number of hydrogen-bond acceptors (Lipinski definition) is 5. The van der Waals surface area contributed by atoms with Gasteiger partial charge in [0.2, 0.25) is 5.91 Å². The van der Waals surface area contributed by atoms with Crippen molar-refractivity contribution in [3.05, 3.63) is 65.2 Å². The normalized spacial score (nSPS) is 24.4. The number of nitrogens with one attached hydrogen (secondary N) is 1. The van der Waals surface area contributed by atoms with Crippen molar-refractivity contribution in [3.63, 3.8) is 0 Å². The number of rotatable bonds is 6. The number of ether oxygens (including phenoxy) is 1. The van der Waals surface area contributed by atoms with E-state index < -0.39 is 34.7 Å². The Morgan fingerprint density at radius 1 is 1.22 bits per heavy atom. The summed E-state index contributed by atoms with van der Waals surface area (Å²) in [5.41, 5.74) is 0.274.